The highest BCUT2D eigenvalue weighted by Crippen LogP contribution is 2.30. The molecule has 1 N–H and O–H groups in total. The van der Waals surface area contributed by atoms with Crippen LogP contribution < -0.4 is 5.32 Å². The molecule has 0 saturated heterocycles. The van der Waals surface area contributed by atoms with Crippen molar-refractivity contribution in [3.05, 3.63) is 69.3 Å². The predicted octanol–water partition coefficient (Wildman–Crippen LogP) is 5.34. The van der Waals surface area contributed by atoms with Gasteiger partial charge in [0, 0.05) is 21.6 Å². The number of ether oxygens (including phenoxy) is 1. The summed E-state index contributed by atoms with van der Waals surface area (Å²) < 4.78 is 32.5. The molecule has 1 aliphatic rings. The lowest BCUT2D eigenvalue weighted by Gasteiger charge is -2.15. The summed E-state index contributed by atoms with van der Waals surface area (Å²) in [7, 11) is 0. The van der Waals surface area contributed by atoms with Crippen molar-refractivity contribution in [2.75, 3.05) is 11.9 Å². The SMILES string of the molecule is O=C(COC(=O)c1c2c(nc3ccccc13)CCCCC2)Nc1c(F)cc(F)cc1Br. The van der Waals surface area contributed by atoms with Gasteiger partial charge in [0.2, 0.25) is 0 Å². The lowest BCUT2D eigenvalue weighted by atomic mass is 9.97. The molecule has 0 aliphatic heterocycles. The Morgan fingerprint density at radius 3 is 2.68 bits per heavy atom. The number of esters is 1. The van der Waals surface area contributed by atoms with E-state index in [4.69, 9.17) is 9.72 Å². The van der Waals surface area contributed by atoms with E-state index in [1.807, 2.05) is 24.3 Å². The molecular formula is C23H19BrF2N2O3. The molecule has 0 unspecified atom stereocenters. The van der Waals surface area contributed by atoms with Crippen LogP contribution >= 0.6 is 15.9 Å². The van der Waals surface area contributed by atoms with Crippen molar-refractivity contribution in [2.45, 2.75) is 32.1 Å². The second kappa shape index (κ2) is 9.09. The summed E-state index contributed by atoms with van der Waals surface area (Å²) in [6.45, 7) is -0.604. The third-order valence-electron chi connectivity index (χ3n) is 5.23. The van der Waals surface area contributed by atoms with E-state index in [0.717, 1.165) is 49.4 Å². The number of halogens is 3. The number of pyridine rings is 1. The van der Waals surface area contributed by atoms with Crippen molar-refractivity contribution >= 4 is 44.4 Å². The largest absolute Gasteiger partial charge is 0.452 e. The predicted molar refractivity (Wildman–Crippen MR) is 116 cm³/mol. The van der Waals surface area contributed by atoms with Gasteiger partial charge in [0.25, 0.3) is 5.91 Å². The molecular weight excluding hydrogens is 470 g/mol. The summed E-state index contributed by atoms with van der Waals surface area (Å²) >= 11 is 3.01. The molecule has 3 aromatic rings. The molecule has 0 atom stereocenters. The molecule has 1 heterocycles. The Kier molecular flexibility index (Phi) is 6.27. The van der Waals surface area contributed by atoms with E-state index in [9.17, 15) is 18.4 Å². The van der Waals surface area contributed by atoms with E-state index in [0.29, 0.717) is 22.5 Å². The number of aromatic nitrogens is 1. The highest BCUT2D eigenvalue weighted by molar-refractivity contribution is 9.10. The van der Waals surface area contributed by atoms with Crippen molar-refractivity contribution in [2.24, 2.45) is 0 Å². The first-order valence-electron chi connectivity index (χ1n) is 9.96. The third-order valence-corrected chi connectivity index (χ3v) is 5.85. The van der Waals surface area contributed by atoms with E-state index in [-0.39, 0.29) is 10.2 Å². The van der Waals surface area contributed by atoms with Crippen LogP contribution in [0.2, 0.25) is 0 Å². The van der Waals surface area contributed by atoms with E-state index >= 15 is 0 Å². The lowest BCUT2D eigenvalue weighted by Crippen LogP contribution is -2.22. The fourth-order valence-electron chi connectivity index (χ4n) is 3.82. The fraction of sp³-hybridized carbons (Fsp3) is 0.261. The van der Waals surface area contributed by atoms with E-state index in [1.165, 1.54) is 0 Å². The van der Waals surface area contributed by atoms with E-state index in [1.54, 1.807) is 0 Å². The molecule has 160 valence electrons. The average Bonchev–Trinajstić information content (AvgIpc) is 2.98. The molecule has 0 fully saturated rings. The topological polar surface area (TPSA) is 68.3 Å². The number of amides is 1. The number of fused-ring (bicyclic) bond motifs is 2. The van der Waals surface area contributed by atoms with E-state index < -0.39 is 30.1 Å². The van der Waals surface area contributed by atoms with Crippen LogP contribution in [-0.2, 0) is 22.4 Å². The smallest absolute Gasteiger partial charge is 0.339 e. The number of carbonyl (C=O) groups is 2. The minimum atomic E-state index is -0.933. The first-order chi connectivity index (χ1) is 14.9. The normalized spacial score (nSPS) is 13.4. The number of rotatable bonds is 4. The number of hydrogen-bond acceptors (Lipinski definition) is 4. The summed E-state index contributed by atoms with van der Waals surface area (Å²) in [5.74, 6) is -3.06. The number of nitrogens with zero attached hydrogens (tertiary/aromatic N) is 1. The van der Waals surface area contributed by atoms with Gasteiger partial charge >= 0.3 is 5.97 Å². The molecule has 1 aromatic heterocycles. The van der Waals surface area contributed by atoms with Crippen LogP contribution in [0.5, 0.6) is 0 Å². The Balaban J connectivity index is 1.56. The molecule has 31 heavy (non-hydrogen) atoms. The zero-order valence-electron chi connectivity index (χ0n) is 16.5. The van der Waals surface area contributed by atoms with Gasteiger partial charge in [-0.3, -0.25) is 9.78 Å². The minimum absolute atomic E-state index is 0.0510. The molecule has 1 aliphatic carbocycles. The Bertz CT molecular complexity index is 1160. The number of anilines is 1. The second-order valence-corrected chi connectivity index (χ2v) is 8.21. The molecule has 0 radical (unpaired) electrons. The van der Waals surface area contributed by atoms with Crippen LogP contribution in [0.1, 0.15) is 40.9 Å². The number of hydrogen-bond donors (Lipinski definition) is 1. The fourth-order valence-corrected chi connectivity index (χ4v) is 4.33. The molecule has 2 aromatic carbocycles. The molecule has 1 amide bonds. The van der Waals surface area contributed by atoms with E-state index in [2.05, 4.69) is 21.2 Å². The standard InChI is InChI=1S/C23H19BrF2N2O3/c24-16-10-13(25)11-17(26)22(16)28-20(29)12-31-23(30)21-14-6-2-1-3-8-18(14)27-19-9-5-4-7-15(19)21/h4-5,7,9-11H,1-3,6,8,12H2,(H,28,29). The number of benzene rings is 2. The van der Waals surface area contributed by atoms with Crippen molar-refractivity contribution in [1.82, 2.24) is 4.98 Å². The van der Waals surface area contributed by atoms with Gasteiger partial charge in [-0.1, -0.05) is 24.6 Å². The van der Waals surface area contributed by atoms with Gasteiger partial charge in [-0.2, -0.15) is 0 Å². The van der Waals surface area contributed by atoms with Crippen LogP contribution in [0.25, 0.3) is 10.9 Å². The summed E-state index contributed by atoms with van der Waals surface area (Å²) in [6, 6.07) is 9.03. The van der Waals surface area contributed by atoms with Gasteiger partial charge in [-0.25, -0.2) is 13.6 Å². The van der Waals surface area contributed by atoms with Gasteiger partial charge in [-0.05, 0) is 59.3 Å². The lowest BCUT2D eigenvalue weighted by molar-refractivity contribution is -0.119. The maximum atomic E-state index is 13.9. The quantitative estimate of drug-likeness (QED) is 0.397. The van der Waals surface area contributed by atoms with Gasteiger partial charge < -0.3 is 10.1 Å². The van der Waals surface area contributed by atoms with Crippen molar-refractivity contribution in [3.8, 4) is 0 Å². The Morgan fingerprint density at radius 1 is 1.10 bits per heavy atom. The van der Waals surface area contributed by atoms with Crippen molar-refractivity contribution in [1.29, 1.82) is 0 Å². The summed E-state index contributed by atoms with van der Waals surface area (Å²) in [4.78, 5) is 30.0. The minimum Gasteiger partial charge on any atom is -0.452 e. The highest BCUT2D eigenvalue weighted by Gasteiger charge is 2.23. The zero-order chi connectivity index (χ0) is 22.0. The molecule has 5 nitrogen and oxygen atoms in total. The maximum absolute atomic E-state index is 13.9. The molecule has 0 bridgehead atoms. The molecule has 8 heteroatoms. The molecule has 0 saturated carbocycles. The van der Waals surface area contributed by atoms with Crippen molar-refractivity contribution in [3.63, 3.8) is 0 Å². The first-order valence-corrected chi connectivity index (χ1v) is 10.8. The summed E-state index contributed by atoms with van der Waals surface area (Å²) in [5, 5.41) is 2.99. The Morgan fingerprint density at radius 2 is 1.87 bits per heavy atom. The molecule has 4 rings (SSSR count). The molecule has 0 spiro atoms. The van der Waals surface area contributed by atoms with Gasteiger partial charge in [0.15, 0.2) is 12.4 Å². The monoisotopic (exact) mass is 488 g/mol. The average molecular weight is 489 g/mol. The van der Waals surface area contributed by atoms with Crippen molar-refractivity contribution < 1.29 is 23.1 Å². The third kappa shape index (κ3) is 4.58. The number of nitrogens with one attached hydrogen (secondary N) is 1. The van der Waals surface area contributed by atoms with Gasteiger partial charge in [-0.15, -0.1) is 0 Å². The Hall–Kier alpha value is -2.87. The highest BCUT2D eigenvalue weighted by atomic mass is 79.9. The van der Waals surface area contributed by atoms with Crippen LogP contribution in [-0.4, -0.2) is 23.5 Å². The number of para-hydroxylation sites is 1. The summed E-state index contributed by atoms with van der Waals surface area (Å²) in [5.41, 5.74) is 2.69. The van der Waals surface area contributed by atoms with Crippen LogP contribution in [0.4, 0.5) is 14.5 Å². The zero-order valence-corrected chi connectivity index (χ0v) is 18.1. The Labute approximate surface area is 185 Å². The maximum Gasteiger partial charge on any atom is 0.339 e. The number of aryl methyl sites for hydroxylation is 1. The van der Waals surface area contributed by atoms with Crippen LogP contribution in [0.15, 0.2) is 40.9 Å². The second-order valence-electron chi connectivity index (χ2n) is 7.36. The first kappa shape index (κ1) is 21.4. The summed E-state index contributed by atoms with van der Waals surface area (Å²) in [6.07, 6.45) is 4.52. The van der Waals surface area contributed by atoms with Crippen LogP contribution in [0.3, 0.4) is 0 Å². The van der Waals surface area contributed by atoms with Gasteiger partial charge in [0.1, 0.15) is 5.82 Å². The van der Waals surface area contributed by atoms with Gasteiger partial charge in [0.05, 0.1) is 16.8 Å². The van der Waals surface area contributed by atoms with Crippen LogP contribution in [0, 0.1) is 11.6 Å². The number of carbonyl (C=O) groups excluding carboxylic acids is 2.